The Bertz CT molecular complexity index is 585. The Labute approximate surface area is 128 Å². The number of hydrogen-bond acceptors (Lipinski definition) is 3. The number of rotatable bonds is 5. The van der Waals surface area contributed by atoms with Gasteiger partial charge >= 0.3 is 0 Å². The van der Waals surface area contributed by atoms with Crippen molar-refractivity contribution in [3.8, 4) is 17.0 Å². The predicted molar refractivity (Wildman–Crippen MR) is 85.0 cm³/mol. The van der Waals surface area contributed by atoms with Gasteiger partial charge in [0, 0.05) is 12.1 Å². The highest BCUT2D eigenvalue weighted by Crippen LogP contribution is 2.33. The Morgan fingerprint density at radius 1 is 1.10 bits per heavy atom. The minimum Gasteiger partial charge on any atom is -0.494 e. The van der Waals surface area contributed by atoms with Crippen LogP contribution in [0.1, 0.15) is 13.8 Å². The number of ether oxygens (including phenoxy) is 1. The quantitative estimate of drug-likeness (QED) is 0.854. The van der Waals surface area contributed by atoms with Gasteiger partial charge in [-0.1, -0.05) is 23.2 Å². The monoisotopic (exact) mass is 310 g/mol. The van der Waals surface area contributed by atoms with Gasteiger partial charge in [-0.05, 0) is 44.2 Å². The van der Waals surface area contributed by atoms with Crippen LogP contribution in [0.3, 0.4) is 0 Å². The Morgan fingerprint density at radius 2 is 1.80 bits per heavy atom. The number of halogens is 2. The van der Waals surface area contributed by atoms with E-state index in [1.54, 1.807) is 6.07 Å². The van der Waals surface area contributed by atoms with Crippen molar-refractivity contribution >= 4 is 29.0 Å². The summed E-state index contributed by atoms with van der Waals surface area (Å²) in [6.07, 6.45) is 0. The lowest BCUT2D eigenvalue weighted by Crippen LogP contribution is -2.01. The zero-order valence-corrected chi connectivity index (χ0v) is 12.9. The number of pyridine rings is 1. The second kappa shape index (κ2) is 6.82. The van der Waals surface area contributed by atoms with Crippen LogP contribution in [0.15, 0.2) is 30.3 Å². The van der Waals surface area contributed by atoms with Gasteiger partial charge in [-0.15, -0.1) is 0 Å². The minimum absolute atomic E-state index is 0.520. The fourth-order valence-corrected chi connectivity index (χ4v) is 2.37. The van der Waals surface area contributed by atoms with Gasteiger partial charge < -0.3 is 10.1 Å². The van der Waals surface area contributed by atoms with Crippen LogP contribution in [0, 0.1) is 0 Å². The summed E-state index contributed by atoms with van der Waals surface area (Å²) in [7, 11) is 0. The van der Waals surface area contributed by atoms with Crippen molar-refractivity contribution in [3.63, 3.8) is 0 Å². The Morgan fingerprint density at radius 3 is 2.40 bits per heavy atom. The van der Waals surface area contributed by atoms with Crippen molar-refractivity contribution in [3.05, 3.63) is 40.4 Å². The fraction of sp³-hybridized carbons (Fsp3) is 0.267. The third-order valence-electron chi connectivity index (χ3n) is 2.71. The first-order chi connectivity index (χ1) is 9.65. The Hall–Kier alpha value is -1.45. The van der Waals surface area contributed by atoms with E-state index in [4.69, 9.17) is 27.9 Å². The maximum absolute atomic E-state index is 6.23. The molecule has 0 saturated heterocycles. The molecule has 0 saturated carbocycles. The van der Waals surface area contributed by atoms with Crippen LogP contribution in [0.25, 0.3) is 11.3 Å². The summed E-state index contributed by atoms with van der Waals surface area (Å²) in [5.74, 6) is 1.47. The largest absolute Gasteiger partial charge is 0.494 e. The molecule has 1 heterocycles. The van der Waals surface area contributed by atoms with Gasteiger partial charge in [-0.3, -0.25) is 0 Å². The molecule has 0 bridgehead atoms. The van der Waals surface area contributed by atoms with E-state index in [9.17, 15) is 0 Å². The molecular weight excluding hydrogens is 295 g/mol. The third kappa shape index (κ3) is 3.35. The SMILES string of the molecule is CCNc1nc(-c2ccc(OCC)cc2)c(Cl)cc1Cl. The van der Waals surface area contributed by atoms with Gasteiger partial charge in [0.15, 0.2) is 0 Å². The van der Waals surface area contributed by atoms with Crippen molar-refractivity contribution < 1.29 is 4.74 Å². The van der Waals surface area contributed by atoms with E-state index in [2.05, 4.69) is 10.3 Å². The van der Waals surface area contributed by atoms with E-state index in [1.807, 2.05) is 38.1 Å². The average Bonchev–Trinajstić information content (AvgIpc) is 2.43. The second-order valence-electron chi connectivity index (χ2n) is 4.14. The molecule has 5 heteroatoms. The van der Waals surface area contributed by atoms with Gasteiger partial charge in [-0.25, -0.2) is 4.98 Å². The van der Waals surface area contributed by atoms with Gasteiger partial charge in [0.05, 0.1) is 22.3 Å². The van der Waals surface area contributed by atoms with Crippen LogP contribution >= 0.6 is 23.2 Å². The predicted octanol–water partition coefficient (Wildman–Crippen LogP) is 4.89. The molecule has 0 atom stereocenters. The van der Waals surface area contributed by atoms with Crippen LogP contribution in [0.5, 0.6) is 5.75 Å². The molecule has 106 valence electrons. The maximum Gasteiger partial charge on any atom is 0.145 e. The van der Waals surface area contributed by atoms with E-state index >= 15 is 0 Å². The van der Waals surface area contributed by atoms with Crippen molar-refractivity contribution in [1.29, 1.82) is 0 Å². The van der Waals surface area contributed by atoms with Gasteiger partial charge in [0.2, 0.25) is 0 Å². The minimum atomic E-state index is 0.520. The molecule has 20 heavy (non-hydrogen) atoms. The van der Waals surface area contributed by atoms with Gasteiger partial charge in [0.1, 0.15) is 11.6 Å². The van der Waals surface area contributed by atoms with Crippen LogP contribution in [0.2, 0.25) is 10.0 Å². The molecule has 1 aromatic heterocycles. The van der Waals surface area contributed by atoms with Crippen molar-refractivity contribution in [1.82, 2.24) is 4.98 Å². The Kier molecular flexibility index (Phi) is 5.10. The summed E-state index contributed by atoms with van der Waals surface area (Å²) in [4.78, 5) is 4.49. The summed E-state index contributed by atoms with van der Waals surface area (Å²) in [6, 6.07) is 9.38. The second-order valence-corrected chi connectivity index (χ2v) is 4.95. The zero-order chi connectivity index (χ0) is 14.5. The summed E-state index contributed by atoms with van der Waals surface area (Å²) < 4.78 is 5.42. The van der Waals surface area contributed by atoms with Gasteiger partial charge in [-0.2, -0.15) is 0 Å². The van der Waals surface area contributed by atoms with E-state index in [1.165, 1.54) is 0 Å². The first-order valence-electron chi connectivity index (χ1n) is 6.48. The number of nitrogens with one attached hydrogen (secondary N) is 1. The molecule has 2 aromatic rings. The van der Waals surface area contributed by atoms with E-state index in [0.29, 0.717) is 28.2 Å². The molecule has 3 nitrogen and oxygen atoms in total. The molecule has 0 amide bonds. The number of benzene rings is 1. The lowest BCUT2D eigenvalue weighted by molar-refractivity contribution is 0.340. The maximum atomic E-state index is 6.23. The molecule has 0 spiro atoms. The number of aromatic nitrogens is 1. The van der Waals surface area contributed by atoms with Crippen molar-refractivity contribution in [2.24, 2.45) is 0 Å². The normalized spacial score (nSPS) is 10.4. The standard InChI is InChI=1S/C15H16Cl2N2O/c1-3-18-15-13(17)9-12(16)14(19-15)10-5-7-11(8-6-10)20-4-2/h5-9H,3-4H2,1-2H3,(H,18,19). The Balaban J connectivity index is 2.38. The lowest BCUT2D eigenvalue weighted by Gasteiger charge is -2.10. The van der Waals surface area contributed by atoms with Crippen molar-refractivity contribution in [2.75, 3.05) is 18.5 Å². The number of nitrogens with zero attached hydrogens (tertiary/aromatic N) is 1. The van der Waals surface area contributed by atoms with Crippen LogP contribution in [-0.4, -0.2) is 18.1 Å². The first-order valence-corrected chi connectivity index (χ1v) is 7.24. The molecular formula is C15H16Cl2N2O. The molecule has 1 N–H and O–H groups in total. The van der Waals surface area contributed by atoms with E-state index in [-0.39, 0.29) is 0 Å². The average molecular weight is 311 g/mol. The smallest absolute Gasteiger partial charge is 0.145 e. The summed E-state index contributed by atoms with van der Waals surface area (Å²) in [5.41, 5.74) is 1.63. The first kappa shape index (κ1) is 14.9. The molecule has 0 aliphatic carbocycles. The molecule has 0 fully saturated rings. The molecule has 1 aromatic carbocycles. The van der Waals surface area contributed by atoms with E-state index < -0.39 is 0 Å². The zero-order valence-electron chi connectivity index (χ0n) is 11.4. The van der Waals surface area contributed by atoms with E-state index in [0.717, 1.165) is 17.9 Å². The molecule has 0 unspecified atom stereocenters. The lowest BCUT2D eigenvalue weighted by atomic mass is 10.1. The summed E-state index contributed by atoms with van der Waals surface area (Å²) in [5, 5.41) is 4.17. The highest BCUT2D eigenvalue weighted by atomic mass is 35.5. The van der Waals surface area contributed by atoms with Crippen LogP contribution < -0.4 is 10.1 Å². The van der Waals surface area contributed by atoms with Gasteiger partial charge in [0.25, 0.3) is 0 Å². The summed E-state index contributed by atoms with van der Waals surface area (Å²) in [6.45, 7) is 5.33. The molecule has 0 aliphatic heterocycles. The number of anilines is 1. The van der Waals surface area contributed by atoms with Crippen LogP contribution in [0.4, 0.5) is 5.82 Å². The number of hydrogen-bond donors (Lipinski definition) is 1. The fourth-order valence-electron chi connectivity index (χ4n) is 1.84. The molecule has 2 rings (SSSR count). The highest BCUT2D eigenvalue weighted by molar-refractivity contribution is 6.37. The topological polar surface area (TPSA) is 34.2 Å². The van der Waals surface area contributed by atoms with Crippen molar-refractivity contribution in [2.45, 2.75) is 13.8 Å². The molecule has 0 aliphatic rings. The summed E-state index contributed by atoms with van der Waals surface area (Å²) >= 11 is 12.3. The highest BCUT2D eigenvalue weighted by Gasteiger charge is 2.11. The molecule has 0 radical (unpaired) electrons. The third-order valence-corrected chi connectivity index (χ3v) is 3.29. The van der Waals surface area contributed by atoms with Crippen LogP contribution in [-0.2, 0) is 0 Å².